The third kappa shape index (κ3) is 3.71. The van der Waals surface area contributed by atoms with E-state index in [-0.39, 0.29) is 18.0 Å². The molecule has 0 bridgehead atoms. The molecule has 0 aromatic rings. The minimum atomic E-state index is -0.0000624. The zero-order chi connectivity index (χ0) is 16.6. The molecule has 0 radical (unpaired) electrons. The average molecular weight is 323 g/mol. The van der Waals surface area contributed by atoms with E-state index >= 15 is 0 Å². The Morgan fingerprint density at radius 3 is 2.74 bits per heavy atom. The number of hydrogen-bond donors (Lipinski definition) is 3. The second-order valence-electron chi connectivity index (χ2n) is 7.96. The van der Waals surface area contributed by atoms with Gasteiger partial charge in [-0.2, -0.15) is 0 Å². The molecule has 2 saturated heterocycles. The first kappa shape index (κ1) is 17.1. The molecule has 2 heterocycles. The number of rotatable bonds is 3. The Labute approximate surface area is 140 Å². The molecular weight excluding hydrogens is 290 g/mol. The van der Waals surface area contributed by atoms with Gasteiger partial charge in [-0.15, -0.1) is 0 Å². The predicted octanol–water partition coefficient (Wildman–Crippen LogP) is 0.508. The molecule has 3 N–H and O–H groups in total. The van der Waals surface area contributed by atoms with Crippen molar-refractivity contribution in [1.82, 2.24) is 26.0 Å². The first-order valence-electron chi connectivity index (χ1n) is 9.20. The quantitative estimate of drug-likeness (QED) is 0.706. The van der Waals surface area contributed by atoms with Crippen LogP contribution in [0.2, 0.25) is 0 Å². The van der Waals surface area contributed by atoms with E-state index in [0.717, 1.165) is 25.8 Å². The molecule has 6 nitrogen and oxygen atoms in total. The highest BCUT2D eigenvalue weighted by Gasteiger charge is 2.44. The Morgan fingerprint density at radius 2 is 2.00 bits per heavy atom. The van der Waals surface area contributed by atoms with E-state index in [1.54, 1.807) is 0 Å². The lowest BCUT2D eigenvalue weighted by Crippen LogP contribution is -2.61. The summed E-state index contributed by atoms with van der Waals surface area (Å²) in [5.41, 5.74) is 3.43. The van der Waals surface area contributed by atoms with E-state index in [1.165, 1.54) is 12.8 Å². The van der Waals surface area contributed by atoms with Gasteiger partial charge in [-0.05, 0) is 60.0 Å². The predicted molar refractivity (Wildman–Crippen MR) is 91.7 cm³/mol. The van der Waals surface area contributed by atoms with Crippen LogP contribution in [0.25, 0.3) is 0 Å². The minimum absolute atomic E-state index is 0.0000624. The van der Waals surface area contributed by atoms with Gasteiger partial charge in [0.15, 0.2) is 0 Å². The molecule has 6 heteroatoms. The normalized spacial score (nSPS) is 41.8. The molecule has 0 aromatic heterocycles. The van der Waals surface area contributed by atoms with E-state index in [4.69, 9.17) is 0 Å². The van der Waals surface area contributed by atoms with E-state index in [2.05, 4.69) is 53.9 Å². The molecule has 2 aliphatic heterocycles. The Kier molecular flexibility index (Phi) is 5.26. The van der Waals surface area contributed by atoms with Crippen molar-refractivity contribution >= 4 is 5.91 Å². The maximum atomic E-state index is 12.8. The van der Waals surface area contributed by atoms with Crippen LogP contribution < -0.4 is 16.1 Å². The zero-order valence-corrected chi connectivity index (χ0v) is 15.0. The van der Waals surface area contributed by atoms with Crippen LogP contribution in [0.1, 0.15) is 46.0 Å². The first-order valence-corrected chi connectivity index (χ1v) is 9.20. The SMILES string of the molecule is CC1CC(C)N2NCC(C(=O)NC3CCCC(N(C)C)C3)C2N1. The third-order valence-corrected chi connectivity index (χ3v) is 5.86. The van der Waals surface area contributed by atoms with Crippen LogP contribution in [0, 0.1) is 5.92 Å². The van der Waals surface area contributed by atoms with Crippen molar-refractivity contribution in [2.45, 2.75) is 76.3 Å². The lowest BCUT2D eigenvalue weighted by atomic mass is 9.89. The molecule has 3 fully saturated rings. The van der Waals surface area contributed by atoms with Gasteiger partial charge in [-0.25, -0.2) is 5.01 Å². The van der Waals surface area contributed by atoms with Crippen molar-refractivity contribution in [2.24, 2.45) is 5.92 Å². The zero-order valence-electron chi connectivity index (χ0n) is 15.0. The highest BCUT2D eigenvalue weighted by Crippen LogP contribution is 2.26. The lowest BCUT2D eigenvalue weighted by Gasteiger charge is -2.41. The molecule has 132 valence electrons. The second kappa shape index (κ2) is 7.05. The topological polar surface area (TPSA) is 59.6 Å². The van der Waals surface area contributed by atoms with E-state index in [1.807, 2.05) is 0 Å². The fourth-order valence-corrected chi connectivity index (χ4v) is 4.53. The number of hydrazine groups is 1. The smallest absolute Gasteiger partial charge is 0.227 e. The molecule has 6 atom stereocenters. The Balaban J connectivity index is 1.58. The molecule has 23 heavy (non-hydrogen) atoms. The molecule has 0 spiro atoms. The number of nitrogens with zero attached hydrogens (tertiary/aromatic N) is 2. The van der Waals surface area contributed by atoms with Crippen LogP contribution in [-0.4, -0.2) is 66.8 Å². The van der Waals surface area contributed by atoms with Crippen molar-refractivity contribution in [3.63, 3.8) is 0 Å². The summed E-state index contributed by atoms with van der Waals surface area (Å²) in [5.74, 6) is 0.211. The van der Waals surface area contributed by atoms with Gasteiger partial charge in [0.2, 0.25) is 5.91 Å². The van der Waals surface area contributed by atoms with Crippen LogP contribution >= 0.6 is 0 Å². The van der Waals surface area contributed by atoms with E-state index in [0.29, 0.717) is 24.2 Å². The van der Waals surface area contributed by atoms with Gasteiger partial charge in [0.1, 0.15) is 0 Å². The van der Waals surface area contributed by atoms with Gasteiger partial charge in [0.25, 0.3) is 0 Å². The minimum Gasteiger partial charge on any atom is -0.353 e. The summed E-state index contributed by atoms with van der Waals surface area (Å²) in [5, 5.41) is 9.18. The molecule has 0 aromatic carbocycles. The van der Waals surface area contributed by atoms with Crippen LogP contribution in [0.3, 0.4) is 0 Å². The monoisotopic (exact) mass is 323 g/mol. The van der Waals surface area contributed by atoms with Crippen molar-refractivity contribution in [3.8, 4) is 0 Å². The summed E-state index contributed by atoms with van der Waals surface area (Å²) < 4.78 is 0. The van der Waals surface area contributed by atoms with E-state index < -0.39 is 0 Å². The highest BCUT2D eigenvalue weighted by atomic mass is 16.2. The van der Waals surface area contributed by atoms with E-state index in [9.17, 15) is 4.79 Å². The number of amides is 1. The number of carbonyl (C=O) groups is 1. The van der Waals surface area contributed by atoms with Gasteiger partial charge >= 0.3 is 0 Å². The van der Waals surface area contributed by atoms with Crippen LogP contribution in [0.4, 0.5) is 0 Å². The number of nitrogens with one attached hydrogen (secondary N) is 3. The molecule has 3 aliphatic rings. The van der Waals surface area contributed by atoms with Gasteiger partial charge < -0.3 is 10.2 Å². The average Bonchev–Trinajstić information content (AvgIpc) is 2.91. The van der Waals surface area contributed by atoms with Crippen LogP contribution in [-0.2, 0) is 4.79 Å². The third-order valence-electron chi connectivity index (χ3n) is 5.86. The van der Waals surface area contributed by atoms with Gasteiger partial charge in [0.05, 0.1) is 12.1 Å². The summed E-state index contributed by atoms with van der Waals surface area (Å²) in [4.78, 5) is 15.1. The molecule has 1 aliphatic carbocycles. The number of carbonyl (C=O) groups excluding carboxylic acids is 1. The number of hydrogen-bond acceptors (Lipinski definition) is 5. The van der Waals surface area contributed by atoms with Crippen molar-refractivity contribution < 1.29 is 4.79 Å². The van der Waals surface area contributed by atoms with Crippen molar-refractivity contribution in [1.29, 1.82) is 0 Å². The van der Waals surface area contributed by atoms with Crippen LogP contribution in [0.5, 0.6) is 0 Å². The summed E-state index contributed by atoms with van der Waals surface area (Å²) >= 11 is 0. The fraction of sp³-hybridized carbons (Fsp3) is 0.941. The number of fused-ring (bicyclic) bond motifs is 1. The largest absolute Gasteiger partial charge is 0.353 e. The van der Waals surface area contributed by atoms with Gasteiger partial charge in [0, 0.05) is 30.7 Å². The Bertz CT molecular complexity index is 429. The Morgan fingerprint density at radius 1 is 1.22 bits per heavy atom. The Hall–Kier alpha value is -0.690. The fourth-order valence-electron chi connectivity index (χ4n) is 4.53. The van der Waals surface area contributed by atoms with Gasteiger partial charge in [-0.3, -0.25) is 15.5 Å². The van der Waals surface area contributed by atoms with Gasteiger partial charge in [-0.1, -0.05) is 0 Å². The highest BCUT2D eigenvalue weighted by molar-refractivity contribution is 5.80. The maximum Gasteiger partial charge on any atom is 0.227 e. The summed E-state index contributed by atoms with van der Waals surface area (Å²) in [7, 11) is 4.28. The van der Waals surface area contributed by atoms with Crippen molar-refractivity contribution in [3.05, 3.63) is 0 Å². The van der Waals surface area contributed by atoms with Crippen molar-refractivity contribution in [2.75, 3.05) is 20.6 Å². The summed E-state index contributed by atoms with van der Waals surface area (Å²) in [6.07, 6.45) is 5.89. The molecular formula is C17H33N5O. The lowest BCUT2D eigenvalue weighted by molar-refractivity contribution is -0.127. The standard InChI is InChI=1S/C17H33N5O/c1-11-8-12(2)22-16(19-11)15(10-18-22)17(23)20-13-6-5-7-14(9-13)21(3)4/h11-16,18-19H,5-10H2,1-4H3,(H,20,23). The second-order valence-corrected chi connectivity index (χ2v) is 7.96. The molecule has 1 saturated carbocycles. The maximum absolute atomic E-state index is 12.8. The molecule has 6 unspecified atom stereocenters. The first-order chi connectivity index (χ1) is 11.0. The van der Waals surface area contributed by atoms with Crippen LogP contribution in [0.15, 0.2) is 0 Å². The molecule has 1 amide bonds. The molecule has 3 rings (SSSR count). The summed E-state index contributed by atoms with van der Waals surface area (Å²) in [6.45, 7) is 5.19. The summed E-state index contributed by atoms with van der Waals surface area (Å²) in [6, 6.07) is 1.87.